The zero-order valence-corrected chi connectivity index (χ0v) is 11.2. The molecule has 0 aliphatic carbocycles. The van der Waals surface area contributed by atoms with Gasteiger partial charge in [-0.15, -0.1) is 0 Å². The molecule has 0 spiro atoms. The van der Waals surface area contributed by atoms with E-state index in [2.05, 4.69) is 6.58 Å². The molecule has 5 nitrogen and oxygen atoms in total. The van der Waals surface area contributed by atoms with Crippen molar-refractivity contribution in [2.45, 2.75) is 11.6 Å². The molecule has 0 rings (SSSR count). The quantitative estimate of drug-likeness (QED) is 0.390. The van der Waals surface area contributed by atoms with Crippen molar-refractivity contribution in [3.05, 3.63) is 12.2 Å². The fourth-order valence-electron chi connectivity index (χ4n) is 0.948. The summed E-state index contributed by atoms with van der Waals surface area (Å²) in [6.45, 7) is 5.30. The molecule has 0 amide bonds. The minimum absolute atomic E-state index is 0.223. The van der Waals surface area contributed by atoms with E-state index in [-0.39, 0.29) is 6.61 Å². The molecule has 0 atom stereocenters. The van der Waals surface area contributed by atoms with Gasteiger partial charge in [-0.2, -0.15) is 0 Å². The Labute approximate surface area is 95.1 Å². The molecule has 0 heterocycles. The van der Waals surface area contributed by atoms with E-state index < -0.39 is 23.7 Å². The van der Waals surface area contributed by atoms with Crippen LogP contribution in [0.3, 0.4) is 0 Å². The van der Waals surface area contributed by atoms with Crippen molar-refractivity contribution >= 4 is 5.97 Å². The minimum atomic E-state index is -3.14. The van der Waals surface area contributed by atoms with Crippen molar-refractivity contribution in [3.63, 3.8) is 0 Å². The van der Waals surface area contributed by atoms with Gasteiger partial charge in [0, 0.05) is 0 Å². The number of carbonyl (C=O) groups excluding carboxylic acids is 1. The molecule has 0 aromatic heterocycles. The fraction of sp³-hybridized carbons (Fsp3) is 0.667. The predicted octanol–water partition coefficient (Wildman–Crippen LogP) is 1.36. The molecular formula is C9H18O5Ti. The Kier molecular flexibility index (Phi) is 7.05. The van der Waals surface area contributed by atoms with Gasteiger partial charge in [-0.1, -0.05) is 0 Å². The van der Waals surface area contributed by atoms with E-state index in [0.717, 1.165) is 0 Å². The van der Waals surface area contributed by atoms with Crippen molar-refractivity contribution in [2.24, 2.45) is 0 Å². The second-order valence-electron chi connectivity index (χ2n) is 2.96. The molecule has 0 bridgehead atoms. The summed E-state index contributed by atoms with van der Waals surface area (Å²) < 4.78 is 21.0. The Morgan fingerprint density at radius 2 is 1.67 bits per heavy atom. The summed E-state index contributed by atoms with van der Waals surface area (Å²) in [5, 5.41) is 0. The van der Waals surface area contributed by atoms with Gasteiger partial charge < -0.3 is 0 Å². The molecule has 0 aromatic carbocycles. The van der Waals surface area contributed by atoms with E-state index in [9.17, 15) is 4.79 Å². The number of ether oxygens (including phenoxy) is 1. The van der Waals surface area contributed by atoms with E-state index in [1.165, 1.54) is 21.3 Å². The maximum absolute atomic E-state index is 11.1. The second kappa shape index (κ2) is 7.14. The van der Waals surface area contributed by atoms with Crippen molar-refractivity contribution in [1.82, 2.24) is 0 Å². The van der Waals surface area contributed by atoms with Crippen LogP contribution in [0.1, 0.15) is 6.92 Å². The molecule has 0 fully saturated rings. The van der Waals surface area contributed by atoms with E-state index in [4.69, 9.17) is 14.7 Å². The van der Waals surface area contributed by atoms with Crippen LogP contribution in [0, 0.1) is 0 Å². The molecule has 0 saturated carbocycles. The Morgan fingerprint density at radius 3 is 2.00 bits per heavy atom. The van der Waals surface area contributed by atoms with Gasteiger partial charge in [0.25, 0.3) is 0 Å². The van der Waals surface area contributed by atoms with Crippen molar-refractivity contribution in [3.8, 4) is 0 Å². The summed E-state index contributed by atoms with van der Waals surface area (Å²) in [6.07, 6.45) is 0. The number of carbonyl (C=O) groups is 1. The number of rotatable bonds is 7. The molecule has 0 radical (unpaired) electrons. The third kappa shape index (κ3) is 4.90. The molecule has 0 unspecified atom stereocenters. The summed E-state index contributed by atoms with van der Waals surface area (Å²) in [7, 11) is 4.61. The first-order chi connectivity index (χ1) is 7.01. The second-order valence-corrected chi connectivity index (χ2v) is 7.79. The van der Waals surface area contributed by atoms with Crippen LogP contribution in [0.2, 0.25) is 4.73 Å². The SMILES string of the molecule is C=C(C)C(=O)OC[CH2][Ti]([O]C)([O]C)[O]C. The van der Waals surface area contributed by atoms with Gasteiger partial charge in [0.05, 0.1) is 0 Å². The topological polar surface area (TPSA) is 54.0 Å². The Bertz CT molecular complexity index is 216. The predicted molar refractivity (Wildman–Crippen MR) is 51.6 cm³/mol. The summed E-state index contributed by atoms with van der Waals surface area (Å²) in [4.78, 5) is 11.1. The molecule has 0 saturated heterocycles. The average molecular weight is 254 g/mol. The first-order valence-electron chi connectivity index (χ1n) is 4.49. The van der Waals surface area contributed by atoms with Crippen LogP contribution < -0.4 is 0 Å². The van der Waals surface area contributed by atoms with Crippen LogP contribution in [0.25, 0.3) is 0 Å². The molecule has 15 heavy (non-hydrogen) atoms. The molecule has 0 N–H and O–H groups in total. The molecular weight excluding hydrogens is 236 g/mol. The fourth-order valence-corrected chi connectivity index (χ4v) is 3.23. The third-order valence-corrected chi connectivity index (χ3v) is 6.11. The zero-order chi connectivity index (χ0) is 11.9. The van der Waals surface area contributed by atoms with Crippen LogP contribution in [0.5, 0.6) is 0 Å². The van der Waals surface area contributed by atoms with E-state index in [1.807, 2.05) is 0 Å². The first kappa shape index (κ1) is 14.8. The summed E-state index contributed by atoms with van der Waals surface area (Å²) >= 11 is -3.14. The van der Waals surface area contributed by atoms with Gasteiger partial charge >= 0.3 is 94.9 Å². The summed E-state index contributed by atoms with van der Waals surface area (Å²) in [6, 6.07) is 0. The molecule has 0 aromatic rings. The molecule has 0 aliphatic heterocycles. The van der Waals surface area contributed by atoms with Crippen LogP contribution >= 0.6 is 0 Å². The normalized spacial score (nSPS) is 11.2. The number of hydrogen-bond donors (Lipinski definition) is 0. The van der Waals surface area contributed by atoms with Crippen LogP contribution in [0.4, 0.5) is 0 Å². The van der Waals surface area contributed by atoms with Crippen LogP contribution in [-0.4, -0.2) is 33.9 Å². The van der Waals surface area contributed by atoms with Gasteiger partial charge in [0.2, 0.25) is 0 Å². The monoisotopic (exact) mass is 254 g/mol. The van der Waals surface area contributed by atoms with Gasteiger partial charge in [0.15, 0.2) is 0 Å². The van der Waals surface area contributed by atoms with Crippen LogP contribution in [-0.2, 0) is 37.2 Å². The van der Waals surface area contributed by atoms with Crippen molar-refractivity contribution in [2.75, 3.05) is 27.9 Å². The zero-order valence-electron chi connectivity index (χ0n) is 9.66. The molecule has 88 valence electrons. The van der Waals surface area contributed by atoms with Crippen LogP contribution in [0.15, 0.2) is 12.2 Å². The van der Waals surface area contributed by atoms with Gasteiger partial charge in [-0.25, -0.2) is 0 Å². The van der Waals surface area contributed by atoms with Gasteiger partial charge in [-0.05, 0) is 0 Å². The van der Waals surface area contributed by atoms with Gasteiger partial charge in [0.1, 0.15) is 0 Å². The standard InChI is InChI=1S/C6H9O2.3CH3O.Ti/c1-4-8-6(7)5(2)3;3*1-2;/h1-2,4H2,3H3;3*1H3;/q;3*-1;+3. The Morgan fingerprint density at radius 1 is 1.20 bits per heavy atom. The summed E-state index contributed by atoms with van der Waals surface area (Å²) in [5.41, 5.74) is 0.375. The number of hydrogen-bond acceptors (Lipinski definition) is 5. The Balaban J connectivity index is 4.02. The Hall–Kier alpha value is -0.196. The van der Waals surface area contributed by atoms with Crippen molar-refractivity contribution in [1.29, 1.82) is 0 Å². The van der Waals surface area contributed by atoms with E-state index in [0.29, 0.717) is 10.3 Å². The van der Waals surface area contributed by atoms with Gasteiger partial charge in [-0.3, -0.25) is 0 Å². The molecule has 6 heteroatoms. The number of esters is 1. The summed E-state index contributed by atoms with van der Waals surface area (Å²) in [5.74, 6) is -0.408. The van der Waals surface area contributed by atoms with Crippen molar-refractivity contribution < 1.29 is 37.2 Å². The maximum atomic E-state index is 11.1. The third-order valence-electron chi connectivity index (χ3n) is 1.92. The first-order valence-corrected chi connectivity index (χ1v) is 7.51. The van der Waals surface area contributed by atoms with E-state index >= 15 is 0 Å². The molecule has 0 aliphatic rings. The van der Waals surface area contributed by atoms with E-state index in [1.54, 1.807) is 6.92 Å². The average Bonchev–Trinajstić information content (AvgIpc) is 2.24.